The average molecular weight is 331 g/mol. The Morgan fingerprint density at radius 3 is 2.33 bits per heavy atom. The zero-order valence-corrected chi connectivity index (χ0v) is 12.6. The minimum Gasteiger partial charge on any atom is -0.326 e. The van der Waals surface area contributed by atoms with Crippen LogP contribution in [0.5, 0.6) is 0 Å². The van der Waals surface area contributed by atoms with E-state index in [1.807, 2.05) is 0 Å². The number of anilines is 1. The van der Waals surface area contributed by atoms with Crippen molar-refractivity contribution in [1.29, 1.82) is 0 Å². The Kier molecular flexibility index (Phi) is 5.62. The normalized spacial score (nSPS) is 9.92. The number of nitrogens with one attached hydrogen (secondary N) is 3. The molecule has 124 valence electrons. The van der Waals surface area contributed by atoms with E-state index < -0.39 is 17.5 Å². The molecule has 0 unspecified atom stereocenters. The first-order chi connectivity index (χ1) is 11.4. The minimum atomic E-state index is -0.561. The molecule has 0 fully saturated rings. The van der Waals surface area contributed by atoms with E-state index in [4.69, 9.17) is 0 Å². The van der Waals surface area contributed by atoms with Gasteiger partial charge in [0.05, 0.1) is 6.42 Å². The first-order valence-corrected chi connectivity index (χ1v) is 6.99. The van der Waals surface area contributed by atoms with Gasteiger partial charge in [-0.1, -0.05) is 12.6 Å². The summed E-state index contributed by atoms with van der Waals surface area (Å²) in [6.45, 7) is 3.61. The molecule has 0 aliphatic carbocycles. The number of rotatable bonds is 6. The number of halogens is 2. The Hall–Kier alpha value is -3.22. The molecule has 0 heterocycles. The summed E-state index contributed by atoms with van der Waals surface area (Å²) >= 11 is 0. The van der Waals surface area contributed by atoms with Crippen LogP contribution in [-0.4, -0.2) is 11.8 Å². The largest absolute Gasteiger partial charge is 0.326 e. The monoisotopic (exact) mass is 331 g/mol. The second-order valence-electron chi connectivity index (χ2n) is 4.92. The van der Waals surface area contributed by atoms with Gasteiger partial charge in [-0.2, -0.15) is 0 Å². The van der Waals surface area contributed by atoms with Crippen LogP contribution in [0.15, 0.2) is 60.8 Å². The number of hydrogen-bond donors (Lipinski definition) is 3. The molecule has 0 spiro atoms. The summed E-state index contributed by atoms with van der Waals surface area (Å²) in [5.41, 5.74) is 5.62. The Balaban J connectivity index is 1.79. The highest BCUT2D eigenvalue weighted by Gasteiger charge is 2.08. The lowest BCUT2D eigenvalue weighted by Crippen LogP contribution is -2.37. The molecule has 0 bridgehead atoms. The van der Waals surface area contributed by atoms with Gasteiger partial charge in [-0.15, -0.1) is 0 Å². The molecule has 0 saturated carbocycles. The minimum absolute atomic E-state index is 0.110. The van der Waals surface area contributed by atoms with Crippen molar-refractivity contribution in [2.75, 3.05) is 5.32 Å². The third-order valence-electron chi connectivity index (χ3n) is 2.94. The molecule has 7 heteroatoms. The third kappa shape index (κ3) is 5.20. The summed E-state index contributed by atoms with van der Waals surface area (Å²) in [4.78, 5) is 23.6. The highest BCUT2D eigenvalue weighted by atomic mass is 19.1. The van der Waals surface area contributed by atoms with Gasteiger partial charge in [0.2, 0.25) is 5.91 Å². The molecule has 0 aliphatic rings. The van der Waals surface area contributed by atoms with Crippen LogP contribution in [0.25, 0.3) is 0 Å². The molecular weight excluding hydrogens is 316 g/mol. The van der Waals surface area contributed by atoms with Crippen molar-refractivity contribution in [3.63, 3.8) is 0 Å². The zero-order chi connectivity index (χ0) is 17.5. The molecule has 2 aromatic rings. The Labute approximate surface area is 137 Å². The second kappa shape index (κ2) is 7.87. The number of hydrazine groups is 1. The van der Waals surface area contributed by atoms with E-state index in [1.165, 1.54) is 42.5 Å². The van der Waals surface area contributed by atoms with E-state index in [-0.39, 0.29) is 23.6 Å². The quantitative estimate of drug-likeness (QED) is 0.713. The van der Waals surface area contributed by atoms with Crippen molar-refractivity contribution in [3.8, 4) is 0 Å². The topological polar surface area (TPSA) is 70.2 Å². The van der Waals surface area contributed by atoms with E-state index in [9.17, 15) is 18.4 Å². The lowest BCUT2D eigenvalue weighted by molar-refractivity contribution is -0.115. The van der Waals surface area contributed by atoms with Crippen molar-refractivity contribution in [1.82, 2.24) is 10.9 Å². The van der Waals surface area contributed by atoms with Crippen LogP contribution in [0.4, 0.5) is 14.5 Å². The zero-order valence-electron chi connectivity index (χ0n) is 12.6. The molecule has 0 aromatic heterocycles. The molecular formula is C17H15F2N3O2. The van der Waals surface area contributed by atoms with Gasteiger partial charge in [-0.25, -0.2) is 8.78 Å². The van der Waals surface area contributed by atoms with E-state index in [0.717, 1.165) is 6.07 Å². The van der Waals surface area contributed by atoms with Gasteiger partial charge in [0.15, 0.2) is 0 Å². The molecule has 3 N–H and O–H groups in total. The predicted molar refractivity (Wildman–Crippen MR) is 85.8 cm³/mol. The van der Waals surface area contributed by atoms with Crippen molar-refractivity contribution in [2.45, 2.75) is 6.42 Å². The molecule has 0 radical (unpaired) electrons. The third-order valence-corrected chi connectivity index (χ3v) is 2.94. The Morgan fingerprint density at radius 1 is 0.958 bits per heavy atom. The molecule has 0 saturated heterocycles. The van der Waals surface area contributed by atoms with Crippen molar-refractivity contribution >= 4 is 17.5 Å². The number of carbonyl (C=O) groups excluding carboxylic acids is 2. The molecule has 24 heavy (non-hydrogen) atoms. The van der Waals surface area contributed by atoms with E-state index in [1.54, 1.807) is 0 Å². The van der Waals surface area contributed by atoms with Crippen LogP contribution >= 0.6 is 0 Å². The fourth-order valence-corrected chi connectivity index (χ4v) is 1.82. The van der Waals surface area contributed by atoms with Crippen LogP contribution in [-0.2, 0) is 4.79 Å². The number of amides is 2. The first kappa shape index (κ1) is 17.1. The number of benzene rings is 2. The van der Waals surface area contributed by atoms with E-state index in [2.05, 4.69) is 22.7 Å². The number of carbonyl (C=O) groups is 2. The van der Waals surface area contributed by atoms with Crippen molar-refractivity contribution in [3.05, 3.63) is 78.0 Å². The van der Waals surface area contributed by atoms with E-state index >= 15 is 0 Å². The van der Waals surface area contributed by atoms with Crippen molar-refractivity contribution < 1.29 is 18.4 Å². The van der Waals surface area contributed by atoms with Gasteiger partial charge in [-0.05, 0) is 42.5 Å². The smallest absolute Gasteiger partial charge is 0.269 e. The summed E-state index contributed by atoms with van der Waals surface area (Å²) in [7, 11) is 0. The maximum atomic E-state index is 13.0. The van der Waals surface area contributed by atoms with Crippen LogP contribution in [0.2, 0.25) is 0 Å². The van der Waals surface area contributed by atoms with Crippen molar-refractivity contribution in [2.24, 2.45) is 0 Å². The highest BCUT2D eigenvalue weighted by molar-refractivity contribution is 5.94. The lowest BCUT2D eigenvalue weighted by Gasteiger charge is -2.11. The van der Waals surface area contributed by atoms with Gasteiger partial charge < -0.3 is 10.7 Å². The van der Waals surface area contributed by atoms with Crippen LogP contribution in [0.3, 0.4) is 0 Å². The molecule has 2 rings (SSSR count). The average Bonchev–Trinajstić information content (AvgIpc) is 2.54. The van der Waals surface area contributed by atoms with Crippen LogP contribution < -0.4 is 16.2 Å². The van der Waals surface area contributed by atoms with Crippen LogP contribution in [0, 0.1) is 11.6 Å². The summed E-state index contributed by atoms with van der Waals surface area (Å²) in [5, 5.41) is 2.56. The van der Waals surface area contributed by atoms with Gasteiger partial charge in [0, 0.05) is 16.9 Å². The summed E-state index contributed by atoms with van der Waals surface area (Å²) in [6.07, 6.45) is -0.110. The Morgan fingerprint density at radius 2 is 1.67 bits per heavy atom. The van der Waals surface area contributed by atoms with Gasteiger partial charge in [0.1, 0.15) is 11.6 Å². The maximum absolute atomic E-state index is 13.0. The second-order valence-corrected chi connectivity index (χ2v) is 4.92. The molecule has 0 atom stereocenters. The van der Waals surface area contributed by atoms with Gasteiger partial charge in [0.25, 0.3) is 5.91 Å². The van der Waals surface area contributed by atoms with Gasteiger partial charge in [-0.3, -0.25) is 15.0 Å². The highest BCUT2D eigenvalue weighted by Crippen LogP contribution is 2.09. The molecule has 5 nitrogen and oxygen atoms in total. The summed E-state index contributed by atoms with van der Waals surface area (Å²) < 4.78 is 25.8. The number of hydrogen-bond acceptors (Lipinski definition) is 3. The standard InChI is InChI=1S/C17H15F2N3O2/c1-11(9-16(23)20-15-7-5-13(18)6-8-15)21-22-17(24)12-3-2-4-14(19)10-12/h2-8,10,21H,1,9H2,(H,20,23)(H,22,24). The van der Waals surface area contributed by atoms with Gasteiger partial charge >= 0.3 is 0 Å². The maximum Gasteiger partial charge on any atom is 0.269 e. The molecule has 2 amide bonds. The van der Waals surface area contributed by atoms with Crippen LogP contribution in [0.1, 0.15) is 16.8 Å². The SMILES string of the molecule is C=C(CC(=O)Nc1ccc(F)cc1)NNC(=O)c1cccc(F)c1. The first-order valence-electron chi connectivity index (χ1n) is 6.99. The molecule has 0 aliphatic heterocycles. The lowest BCUT2D eigenvalue weighted by atomic mass is 10.2. The molecule has 2 aromatic carbocycles. The fourth-order valence-electron chi connectivity index (χ4n) is 1.82. The predicted octanol–water partition coefficient (Wildman–Crippen LogP) is 2.74. The summed E-state index contributed by atoms with van der Waals surface area (Å²) in [6, 6.07) is 10.5. The Bertz CT molecular complexity index is 761. The van der Waals surface area contributed by atoms with E-state index in [0.29, 0.717) is 5.69 Å². The summed E-state index contributed by atoms with van der Waals surface area (Å²) in [5.74, 6) is -1.88. The fraction of sp³-hybridized carbons (Fsp3) is 0.0588.